The van der Waals surface area contributed by atoms with Crippen LogP contribution in [-0.4, -0.2) is 18.9 Å². The number of ether oxygens (including phenoxy) is 1. The summed E-state index contributed by atoms with van der Waals surface area (Å²) in [6, 6.07) is 14.9. The van der Waals surface area contributed by atoms with Crippen LogP contribution in [0.1, 0.15) is 25.0 Å². The van der Waals surface area contributed by atoms with Crippen molar-refractivity contribution in [1.29, 1.82) is 0 Å². The Hall–Kier alpha value is -2.82. The average molecular weight is 340 g/mol. The van der Waals surface area contributed by atoms with Gasteiger partial charge in [-0.05, 0) is 50.6 Å². The monoisotopic (exact) mass is 340 g/mol. The van der Waals surface area contributed by atoms with Gasteiger partial charge in [-0.25, -0.2) is 0 Å². The van der Waals surface area contributed by atoms with Gasteiger partial charge in [0.2, 0.25) is 11.8 Å². The number of aryl methyl sites for hydroxylation is 1. The number of amides is 2. The SMILES string of the molecule is COc1ccc(CNC(=O)C(C)(C)C(=O)Nc2ccc(C)cc2)cc1. The smallest absolute Gasteiger partial charge is 0.239 e. The van der Waals surface area contributed by atoms with E-state index in [1.54, 1.807) is 21.0 Å². The third-order valence-corrected chi connectivity index (χ3v) is 4.06. The molecule has 2 aromatic carbocycles. The van der Waals surface area contributed by atoms with Crippen molar-refractivity contribution in [3.63, 3.8) is 0 Å². The second-order valence-electron chi connectivity index (χ2n) is 6.48. The fourth-order valence-corrected chi connectivity index (χ4v) is 2.17. The lowest BCUT2D eigenvalue weighted by molar-refractivity contribution is -0.138. The molecule has 0 heterocycles. The minimum atomic E-state index is -1.18. The first-order valence-corrected chi connectivity index (χ1v) is 8.12. The maximum absolute atomic E-state index is 12.5. The Morgan fingerprint density at radius 1 is 0.960 bits per heavy atom. The lowest BCUT2D eigenvalue weighted by Gasteiger charge is -2.23. The quantitative estimate of drug-likeness (QED) is 0.793. The Balaban J connectivity index is 1.95. The summed E-state index contributed by atoms with van der Waals surface area (Å²) in [5.74, 6) is 0.0874. The molecule has 2 amide bonds. The number of hydrogen-bond donors (Lipinski definition) is 2. The van der Waals surface area contributed by atoms with Crippen LogP contribution in [0.15, 0.2) is 48.5 Å². The molecule has 0 bridgehead atoms. The fraction of sp³-hybridized carbons (Fsp3) is 0.300. The number of rotatable bonds is 6. The van der Waals surface area contributed by atoms with Crippen molar-refractivity contribution in [2.24, 2.45) is 5.41 Å². The highest BCUT2D eigenvalue weighted by atomic mass is 16.5. The molecule has 0 aliphatic carbocycles. The van der Waals surface area contributed by atoms with E-state index in [1.165, 1.54) is 0 Å². The van der Waals surface area contributed by atoms with Crippen LogP contribution < -0.4 is 15.4 Å². The normalized spacial score (nSPS) is 10.9. The van der Waals surface area contributed by atoms with E-state index in [0.717, 1.165) is 16.9 Å². The van der Waals surface area contributed by atoms with Gasteiger partial charge in [-0.3, -0.25) is 9.59 Å². The van der Waals surface area contributed by atoms with Gasteiger partial charge in [0.1, 0.15) is 11.2 Å². The number of hydrogen-bond acceptors (Lipinski definition) is 3. The van der Waals surface area contributed by atoms with Crippen LogP contribution in [0.2, 0.25) is 0 Å². The first-order valence-electron chi connectivity index (χ1n) is 8.12. The Morgan fingerprint density at radius 2 is 1.56 bits per heavy atom. The predicted molar refractivity (Wildman–Crippen MR) is 98.4 cm³/mol. The molecule has 0 aliphatic heterocycles. The number of carbonyl (C=O) groups is 2. The minimum Gasteiger partial charge on any atom is -0.497 e. The van der Waals surface area contributed by atoms with Gasteiger partial charge < -0.3 is 15.4 Å². The molecule has 0 spiro atoms. The van der Waals surface area contributed by atoms with E-state index in [0.29, 0.717) is 12.2 Å². The molecule has 0 fully saturated rings. The third kappa shape index (κ3) is 4.83. The lowest BCUT2D eigenvalue weighted by Crippen LogP contribution is -2.44. The van der Waals surface area contributed by atoms with Crippen LogP contribution >= 0.6 is 0 Å². The topological polar surface area (TPSA) is 67.4 Å². The molecular formula is C20H24N2O3. The highest BCUT2D eigenvalue weighted by Crippen LogP contribution is 2.20. The van der Waals surface area contributed by atoms with Gasteiger partial charge in [-0.15, -0.1) is 0 Å². The second-order valence-corrected chi connectivity index (χ2v) is 6.48. The van der Waals surface area contributed by atoms with Gasteiger partial charge in [0.25, 0.3) is 0 Å². The standard InChI is InChI=1S/C20H24N2O3/c1-14-5-9-16(10-6-14)22-19(24)20(2,3)18(23)21-13-15-7-11-17(25-4)12-8-15/h5-12H,13H2,1-4H3,(H,21,23)(H,22,24). The molecule has 132 valence electrons. The summed E-state index contributed by atoms with van der Waals surface area (Å²) >= 11 is 0. The molecule has 0 saturated heterocycles. The Kier molecular flexibility index (Phi) is 5.80. The molecule has 0 radical (unpaired) electrons. The minimum absolute atomic E-state index is 0.326. The van der Waals surface area contributed by atoms with E-state index >= 15 is 0 Å². The summed E-state index contributed by atoms with van der Waals surface area (Å²) in [6.45, 7) is 5.55. The largest absolute Gasteiger partial charge is 0.497 e. The molecule has 5 nitrogen and oxygen atoms in total. The summed E-state index contributed by atoms with van der Waals surface area (Å²) in [4.78, 5) is 24.9. The van der Waals surface area contributed by atoms with E-state index in [2.05, 4.69) is 10.6 Å². The molecule has 2 rings (SSSR count). The van der Waals surface area contributed by atoms with Crippen molar-refractivity contribution in [3.05, 3.63) is 59.7 Å². The molecule has 2 aromatic rings. The number of anilines is 1. The van der Waals surface area contributed by atoms with Crippen LogP contribution in [0, 0.1) is 12.3 Å². The third-order valence-electron chi connectivity index (χ3n) is 4.06. The Morgan fingerprint density at radius 3 is 2.12 bits per heavy atom. The van der Waals surface area contributed by atoms with Gasteiger partial charge in [-0.1, -0.05) is 29.8 Å². The number of methoxy groups -OCH3 is 1. The zero-order chi connectivity index (χ0) is 18.4. The van der Waals surface area contributed by atoms with Crippen molar-refractivity contribution in [2.45, 2.75) is 27.3 Å². The van der Waals surface area contributed by atoms with Gasteiger partial charge in [0, 0.05) is 12.2 Å². The summed E-state index contributed by atoms with van der Waals surface area (Å²) in [5, 5.41) is 5.60. The van der Waals surface area contributed by atoms with E-state index in [9.17, 15) is 9.59 Å². The molecular weight excluding hydrogens is 316 g/mol. The van der Waals surface area contributed by atoms with Crippen LogP contribution in [0.5, 0.6) is 5.75 Å². The first kappa shape index (κ1) is 18.5. The van der Waals surface area contributed by atoms with Crippen LogP contribution in [0.25, 0.3) is 0 Å². The Labute approximate surface area is 148 Å². The predicted octanol–water partition coefficient (Wildman–Crippen LogP) is 3.28. The summed E-state index contributed by atoms with van der Waals surface area (Å²) < 4.78 is 5.10. The number of carbonyl (C=O) groups excluding carboxylic acids is 2. The maximum Gasteiger partial charge on any atom is 0.239 e. The summed E-state index contributed by atoms with van der Waals surface area (Å²) in [6.07, 6.45) is 0. The van der Waals surface area contributed by atoms with Gasteiger partial charge in [0.15, 0.2) is 0 Å². The van der Waals surface area contributed by atoms with Crippen LogP contribution in [0.4, 0.5) is 5.69 Å². The van der Waals surface area contributed by atoms with E-state index in [-0.39, 0.29) is 11.8 Å². The number of nitrogens with one attached hydrogen (secondary N) is 2. The van der Waals surface area contributed by atoms with Crippen LogP contribution in [-0.2, 0) is 16.1 Å². The molecule has 0 atom stereocenters. The molecule has 0 saturated carbocycles. The van der Waals surface area contributed by atoms with Crippen molar-refractivity contribution < 1.29 is 14.3 Å². The second kappa shape index (κ2) is 7.83. The highest BCUT2D eigenvalue weighted by molar-refractivity contribution is 6.09. The fourth-order valence-electron chi connectivity index (χ4n) is 2.17. The van der Waals surface area contributed by atoms with Crippen molar-refractivity contribution in [1.82, 2.24) is 5.32 Å². The molecule has 0 aromatic heterocycles. The Bertz CT molecular complexity index is 735. The van der Waals surface area contributed by atoms with Gasteiger partial charge in [0.05, 0.1) is 7.11 Å². The first-order chi connectivity index (χ1) is 11.8. The van der Waals surface area contributed by atoms with Crippen LogP contribution in [0.3, 0.4) is 0 Å². The molecule has 2 N–H and O–H groups in total. The molecule has 0 unspecified atom stereocenters. The molecule has 25 heavy (non-hydrogen) atoms. The lowest BCUT2D eigenvalue weighted by atomic mass is 9.90. The summed E-state index contributed by atoms with van der Waals surface area (Å²) in [5.41, 5.74) is 1.53. The zero-order valence-corrected chi connectivity index (χ0v) is 15.1. The molecule has 5 heteroatoms. The van der Waals surface area contributed by atoms with E-state index in [4.69, 9.17) is 4.74 Å². The van der Waals surface area contributed by atoms with E-state index < -0.39 is 5.41 Å². The molecule has 0 aliphatic rings. The van der Waals surface area contributed by atoms with E-state index in [1.807, 2.05) is 55.5 Å². The van der Waals surface area contributed by atoms with Gasteiger partial charge >= 0.3 is 0 Å². The zero-order valence-electron chi connectivity index (χ0n) is 15.1. The van der Waals surface area contributed by atoms with Crippen molar-refractivity contribution >= 4 is 17.5 Å². The van der Waals surface area contributed by atoms with Gasteiger partial charge in [-0.2, -0.15) is 0 Å². The van der Waals surface area contributed by atoms with Crippen molar-refractivity contribution in [2.75, 3.05) is 12.4 Å². The highest BCUT2D eigenvalue weighted by Gasteiger charge is 2.35. The maximum atomic E-state index is 12.5. The average Bonchev–Trinajstić information content (AvgIpc) is 2.61. The van der Waals surface area contributed by atoms with Crippen molar-refractivity contribution in [3.8, 4) is 5.75 Å². The summed E-state index contributed by atoms with van der Waals surface area (Å²) in [7, 11) is 1.60. The number of benzene rings is 2.